The molecule has 0 aliphatic heterocycles. The summed E-state index contributed by atoms with van der Waals surface area (Å²) in [6.45, 7) is 0. The zero-order chi connectivity index (χ0) is 19.6. The van der Waals surface area contributed by atoms with Gasteiger partial charge in [0.05, 0.1) is 21.3 Å². The van der Waals surface area contributed by atoms with Crippen LogP contribution in [0.3, 0.4) is 0 Å². The minimum absolute atomic E-state index is 0.0697. The van der Waals surface area contributed by atoms with E-state index in [4.69, 9.17) is 23.2 Å². The molecular formula is C17H13Cl2N3O4S. The summed E-state index contributed by atoms with van der Waals surface area (Å²) in [6.07, 6.45) is 1.42. The van der Waals surface area contributed by atoms with Crippen LogP contribution in [0.4, 0.5) is 11.4 Å². The first-order chi connectivity index (χ1) is 12.7. The van der Waals surface area contributed by atoms with E-state index in [1.165, 1.54) is 30.5 Å². The van der Waals surface area contributed by atoms with Crippen LogP contribution < -0.4 is 10.0 Å². The standard InChI is InChI=1S/C17H13Cl2N3O4S/c18-10-2-1-3-12(6-10)22-27(25,26)13-4-5-16(23)14(8-13)21-17(24)15-7-11(19)9-20-15/h1-9,20,22-23H,(H,21,24). The fourth-order valence-electron chi connectivity index (χ4n) is 2.24. The number of aromatic hydroxyl groups is 1. The van der Waals surface area contributed by atoms with E-state index in [0.29, 0.717) is 10.0 Å². The van der Waals surface area contributed by atoms with Gasteiger partial charge in [-0.1, -0.05) is 29.3 Å². The van der Waals surface area contributed by atoms with Crippen molar-refractivity contribution in [2.24, 2.45) is 0 Å². The Labute approximate surface area is 165 Å². The monoisotopic (exact) mass is 425 g/mol. The second kappa shape index (κ2) is 7.51. The lowest BCUT2D eigenvalue weighted by Crippen LogP contribution is -2.15. The van der Waals surface area contributed by atoms with Crippen molar-refractivity contribution in [2.75, 3.05) is 10.0 Å². The Morgan fingerprint density at radius 1 is 1.04 bits per heavy atom. The van der Waals surface area contributed by atoms with E-state index in [-0.39, 0.29) is 27.7 Å². The molecule has 1 heterocycles. The molecule has 0 aliphatic carbocycles. The first-order valence-electron chi connectivity index (χ1n) is 7.51. The minimum Gasteiger partial charge on any atom is -0.506 e. The van der Waals surface area contributed by atoms with Crippen molar-refractivity contribution in [3.63, 3.8) is 0 Å². The summed E-state index contributed by atoms with van der Waals surface area (Å²) < 4.78 is 27.5. The molecule has 10 heteroatoms. The van der Waals surface area contributed by atoms with Gasteiger partial charge in [-0.3, -0.25) is 9.52 Å². The van der Waals surface area contributed by atoms with Crippen LogP contribution >= 0.6 is 23.2 Å². The molecule has 1 amide bonds. The lowest BCUT2D eigenvalue weighted by atomic mass is 10.3. The third kappa shape index (κ3) is 4.54. The van der Waals surface area contributed by atoms with Crippen LogP contribution in [0.1, 0.15) is 10.5 Å². The molecule has 4 N–H and O–H groups in total. The summed E-state index contributed by atoms with van der Waals surface area (Å²) in [4.78, 5) is 14.7. The van der Waals surface area contributed by atoms with E-state index in [1.807, 2.05) is 0 Å². The van der Waals surface area contributed by atoms with Gasteiger partial charge in [0.25, 0.3) is 15.9 Å². The SMILES string of the molecule is O=C(Nc1cc(S(=O)(=O)Nc2cccc(Cl)c2)ccc1O)c1cc(Cl)c[nH]1. The van der Waals surface area contributed by atoms with Gasteiger partial charge in [-0.05, 0) is 42.5 Å². The molecule has 0 spiro atoms. The predicted molar refractivity (Wildman–Crippen MR) is 104 cm³/mol. The molecular weight excluding hydrogens is 413 g/mol. The molecule has 0 radical (unpaired) electrons. The van der Waals surface area contributed by atoms with Crippen molar-refractivity contribution in [3.05, 3.63) is 70.5 Å². The van der Waals surface area contributed by atoms with Crippen LogP contribution in [-0.4, -0.2) is 24.4 Å². The van der Waals surface area contributed by atoms with Crippen LogP contribution in [0.25, 0.3) is 0 Å². The number of H-pyrrole nitrogens is 1. The molecule has 0 saturated heterocycles. The number of halogens is 2. The number of sulfonamides is 1. The van der Waals surface area contributed by atoms with Gasteiger partial charge in [-0.2, -0.15) is 0 Å². The summed E-state index contributed by atoms with van der Waals surface area (Å²) in [5.41, 5.74) is 0.367. The fraction of sp³-hybridized carbons (Fsp3) is 0. The number of carbonyl (C=O) groups excluding carboxylic acids is 1. The molecule has 140 valence electrons. The normalized spacial score (nSPS) is 11.2. The topological polar surface area (TPSA) is 111 Å². The number of carbonyl (C=O) groups is 1. The smallest absolute Gasteiger partial charge is 0.272 e. The zero-order valence-corrected chi connectivity index (χ0v) is 15.9. The minimum atomic E-state index is -3.97. The largest absolute Gasteiger partial charge is 0.506 e. The van der Waals surface area contributed by atoms with Gasteiger partial charge in [0.2, 0.25) is 0 Å². The molecule has 0 saturated carbocycles. The molecule has 3 aromatic rings. The lowest BCUT2D eigenvalue weighted by Gasteiger charge is -2.11. The number of phenols is 1. The maximum Gasteiger partial charge on any atom is 0.272 e. The number of aromatic amines is 1. The van der Waals surface area contributed by atoms with Crippen LogP contribution in [0, 0.1) is 0 Å². The van der Waals surface area contributed by atoms with Crippen molar-refractivity contribution in [3.8, 4) is 5.75 Å². The van der Waals surface area contributed by atoms with E-state index in [1.54, 1.807) is 18.2 Å². The number of aromatic nitrogens is 1. The van der Waals surface area contributed by atoms with E-state index in [2.05, 4.69) is 15.0 Å². The first-order valence-corrected chi connectivity index (χ1v) is 9.75. The van der Waals surface area contributed by atoms with Crippen molar-refractivity contribution in [1.29, 1.82) is 0 Å². The number of hydrogen-bond donors (Lipinski definition) is 4. The molecule has 0 fully saturated rings. The maximum absolute atomic E-state index is 12.6. The van der Waals surface area contributed by atoms with Gasteiger partial charge in [0.1, 0.15) is 11.4 Å². The molecule has 7 nitrogen and oxygen atoms in total. The highest BCUT2D eigenvalue weighted by Crippen LogP contribution is 2.28. The van der Waals surface area contributed by atoms with Gasteiger partial charge in [0.15, 0.2) is 0 Å². The summed E-state index contributed by atoms with van der Waals surface area (Å²) >= 11 is 11.6. The van der Waals surface area contributed by atoms with E-state index in [9.17, 15) is 18.3 Å². The molecule has 0 unspecified atom stereocenters. The molecule has 0 atom stereocenters. The second-order valence-corrected chi connectivity index (χ2v) is 8.04. The molecule has 3 rings (SSSR count). The van der Waals surface area contributed by atoms with Crippen molar-refractivity contribution < 1.29 is 18.3 Å². The third-order valence-corrected chi connectivity index (χ3v) is 5.33. The number of benzene rings is 2. The van der Waals surface area contributed by atoms with Crippen LogP contribution in [0.2, 0.25) is 10.0 Å². The average Bonchev–Trinajstić information content (AvgIpc) is 3.03. The highest BCUT2D eigenvalue weighted by Gasteiger charge is 2.18. The van der Waals surface area contributed by atoms with Gasteiger partial charge >= 0.3 is 0 Å². The second-order valence-electron chi connectivity index (χ2n) is 5.48. The van der Waals surface area contributed by atoms with Crippen molar-refractivity contribution >= 4 is 50.5 Å². The average molecular weight is 426 g/mol. The number of anilines is 2. The Balaban J connectivity index is 1.86. The van der Waals surface area contributed by atoms with Gasteiger partial charge in [-0.25, -0.2) is 8.42 Å². The molecule has 0 bridgehead atoms. The first kappa shape index (κ1) is 19.1. The number of hydrogen-bond acceptors (Lipinski definition) is 4. The quantitative estimate of drug-likeness (QED) is 0.461. The van der Waals surface area contributed by atoms with Crippen LogP contribution in [0.15, 0.2) is 59.6 Å². The Morgan fingerprint density at radius 3 is 2.48 bits per heavy atom. The predicted octanol–water partition coefficient (Wildman–Crippen LogP) is 4.08. The Kier molecular flexibility index (Phi) is 5.31. The van der Waals surface area contributed by atoms with Gasteiger partial charge in [0, 0.05) is 11.2 Å². The fourth-order valence-corrected chi connectivity index (χ4v) is 3.67. The van der Waals surface area contributed by atoms with E-state index < -0.39 is 15.9 Å². The molecule has 1 aromatic heterocycles. The summed E-state index contributed by atoms with van der Waals surface area (Å²) in [7, 11) is -3.97. The molecule has 0 aliphatic rings. The summed E-state index contributed by atoms with van der Waals surface area (Å²) in [5.74, 6) is -0.878. The number of phenolic OH excluding ortho intramolecular Hbond substituents is 1. The van der Waals surface area contributed by atoms with Gasteiger partial charge < -0.3 is 15.4 Å². The maximum atomic E-state index is 12.6. The lowest BCUT2D eigenvalue weighted by molar-refractivity contribution is 0.102. The zero-order valence-electron chi connectivity index (χ0n) is 13.5. The van der Waals surface area contributed by atoms with Crippen molar-refractivity contribution in [1.82, 2.24) is 4.98 Å². The number of rotatable bonds is 5. The third-order valence-electron chi connectivity index (χ3n) is 3.50. The molecule has 27 heavy (non-hydrogen) atoms. The highest BCUT2D eigenvalue weighted by molar-refractivity contribution is 7.92. The molecule has 2 aromatic carbocycles. The summed E-state index contributed by atoms with van der Waals surface area (Å²) in [5, 5.41) is 13.1. The van der Waals surface area contributed by atoms with Gasteiger partial charge in [-0.15, -0.1) is 0 Å². The number of nitrogens with one attached hydrogen (secondary N) is 3. The Hall–Kier alpha value is -2.68. The number of amides is 1. The van der Waals surface area contributed by atoms with E-state index >= 15 is 0 Å². The highest BCUT2D eigenvalue weighted by atomic mass is 35.5. The van der Waals surface area contributed by atoms with Crippen LogP contribution in [0.5, 0.6) is 5.75 Å². The Morgan fingerprint density at radius 2 is 1.81 bits per heavy atom. The summed E-state index contributed by atoms with van der Waals surface area (Å²) in [6, 6.07) is 11.1. The van der Waals surface area contributed by atoms with Crippen molar-refractivity contribution in [2.45, 2.75) is 4.90 Å². The Bertz CT molecular complexity index is 1110. The van der Waals surface area contributed by atoms with Crippen LogP contribution in [-0.2, 0) is 10.0 Å². The van der Waals surface area contributed by atoms with E-state index in [0.717, 1.165) is 6.07 Å².